The molecule has 0 saturated heterocycles. The third-order valence-electron chi connectivity index (χ3n) is 2.50. The number of benzene rings is 1. The summed E-state index contributed by atoms with van der Waals surface area (Å²) in [6.45, 7) is 5.33. The first-order valence-electron chi connectivity index (χ1n) is 6.60. The Balaban J connectivity index is 2.37. The SMILES string of the molecule is CC(C)(C)OC(=O)c1ccc(C#N)cc1Oc1ccncn1. The maximum atomic E-state index is 12.3. The van der Waals surface area contributed by atoms with Crippen molar-refractivity contribution >= 4 is 5.97 Å². The Labute approximate surface area is 128 Å². The van der Waals surface area contributed by atoms with Gasteiger partial charge in [0.25, 0.3) is 0 Å². The normalized spacial score (nSPS) is 10.6. The van der Waals surface area contributed by atoms with Crippen LogP contribution in [0.1, 0.15) is 36.7 Å². The van der Waals surface area contributed by atoms with E-state index in [4.69, 9.17) is 14.7 Å². The number of esters is 1. The molecular formula is C16H15N3O3. The van der Waals surface area contributed by atoms with Crippen LogP contribution < -0.4 is 4.74 Å². The molecule has 6 heteroatoms. The molecule has 22 heavy (non-hydrogen) atoms. The second kappa shape index (κ2) is 6.22. The van der Waals surface area contributed by atoms with E-state index in [-0.39, 0.29) is 17.2 Å². The first-order valence-corrected chi connectivity index (χ1v) is 6.60. The molecule has 0 amide bonds. The summed E-state index contributed by atoms with van der Waals surface area (Å²) in [5, 5.41) is 9.00. The monoisotopic (exact) mass is 297 g/mol. The van der Waals surface area contributed by atoms with Crippen molar-refractivity contribution in [2.24, 2.45) is 0 Å². The molecule has 1 heterocycles. The number of nitrogens with zero attached hydrogens (tertiary/aromatic N) is 3. The van der Waals surface area contributed by atoms with Crippen LogP contribution in [0, 0.1) is 11.3 Å². The lowest BCUT2D eigenvalue weighted by Crippen LogP contribution is -2.24. The Morgan fingerprint density at radius 2 is 2.05 bits per heavy atom. The average Bonchev–Trinajstić information content (AvgIpc) is 2.46. The van der Waals surface area contributed by atoms with E-state index < -0.39 is 11.6 Å². The van der Waals surface area contributed by atoms with Crippen molar-refractivity contribution in [1.82, 2.24) is 9.97 Å². The quantitative estimate of drug-likeness (QED) is 0.809. The maximum absolute atomic E-state index is 12.3. The number of carbonyl (C=O) groups excluding carboxylic acids is 1. The minimum Gasteiger partial charge on any atom is -0.456 e. The fraction of sp³-hybridized carbons (Fsp3) is 0.250. The highest BCUT2D eigenvalue weighted by atomic mass is 16.6. The molecule has 0 unspecified atom stereocenters. The van der Waals surface area contributed by atoms with Gasteiger partial charge in [-0.15, -0.1) is 0 Å². The summed E-state index contributed by atoms with van der Waals surface area (Å²) in [4.78, 5) is 20.0. The van der Waals surface area contributed by atoms with Crippen molar-refractivity contribution < 1.29 is 14.3 Å². The van der Waals surface area contributed by atoms with E-state index in [0.29, 0.717) is 5.56 Å². The lowest BCUT2D eigenvalue weighted by molar-refractivity contribution is 0.00671. The average molecular weight is 297 g/mol. The van der Waals surface area contributed by atoms with Gasteiger partial charge in [-0.05, 0) is 39.0 Å². The number of ether oxygens (including phenoxy) is 2. The van der Waals surface area contributed by atoms with Crippen LogP contribution in [-0.4, -0.2) is 21.5 Å². The molecule has 1 aromatic heterocycles. The Morgan fingerprint density at radius 3 is 2.64 bits per heavy atom. The Bertz CT molecular complexity index is 716. The molecule has 6 nitrogen and oxygen atoms in total. The largest absolute Gasteiger partial charge is 0.456 e. The van der Waals surface area contributed by atoms with Crippen LogP contribution >= 0.6 is 0 Å². The molecule has 2 aromatic rings. The van der Waals surface area contributed by atoms with E-state index in [2.05, 4.69) is 9.97 Å². The molecule has 1 aromatic carbocycles. The first-order chi connectivity index (χ1) is 10.4. The van der Waals surface area contributed by atoms with E-state index in [1.165, 1.54) is 30.7 Å². The first kappa shape index (κ1) is 15.4. The molecule has 0 saturated carbocycles. The molecule has 0 N–H and O–H groups in total. The second-order valence-electron chi connectivity index (χ2n) is 5.47. The fourth-order valence-corrected chi connectivity index (χ4v) is 1.63. The van der Waals surface area contributed by atoms with Gasteiger partial charge in [-0.25, -0.2) is 14.8 Å². The van der Waals surface area contributed by atoms with Gasteiger partial charge < -0.3 is 9.47 Å². The number of nitriles is 1. The third kappa shape index (κ3) is 4.03. The molecule has 0 fully saturated rings. The van der Waals surface area contributed by atoms with Gasteiger partial charge in [0, 0.05) is 12.3 Å². The Kier molecular flexibility index (Phi) is 4.37. The predicted octanol–water partition coefficient (Wildman–Crippen LogP) is 3.10. The van der Waals surface area contributed by atoms with Crippen molar-refractivity contribution in [3.05, 3.63) is 47.9 Å². The second-order valence-corrected chi connectivity index (χ2v) is 5.47. The van der Waals surface area contributed by atoms with Gasteiger partial charge >= 0.3 is 5.97 Å². The smallest absolute Gasteiger partial charge is 0.342 e. The van der Waals surface area contributed by atoms with Crippen LogP contribution in [0.3, 0.4) is 0 Å². The Morgan fingerprint density at radius 1 is 1.27 bits per heavy atom. The molecule has 0 radical (unpaired) electrons. The summed E-state index contributed by atoms with van der Waals surface area (Å²) < 4.78 is 10.9. The van der Waals surface area contributed by atoms with Crippen molar-refractivity contribution in [3.63, 3.8) is 0 Å². The lowest BCUT2D eigenvalue weighted by Gasteiger charge is -2.20. The summed E-state index contributed by atoms with van der Waals surface area (Å²) in [5.74, 6) is -0.0389. The maximum Gasteiger partial charge on any atom is 0.342 e. The van der Waals surface area contributed by atoms with Crippen molar-refractivity contribution in [2.45, 2.75) is 26.4 Å². The van der Waals surface area contributed by atoms with Crippen LogP contribution in [0.15, 0.2) is 36.8 Å². The minimum absolute atomic E-state index is 0.215. The molecule has 0 spiro atoms. The highest BCUT2D eigenvalue weighted by Crippen LogP contribution is 2.27. The summed E-state index contributed by atoms with van der Waals surface area (Å²) in [7, 11) is 0. The fourth-order valence-electron chi connectivity index (χ4n) is 1.63. The standard InChI is InChI=1S/C16H15N3O3/c1-16(2,3)22-15(20)12-5-4-11(9-17)8-13(12)21-14-6-7-18-10-19-14/h4-8,10H,1-3H3. The van der Waals surface area contributed by atoms with Gasteiger partial charge in [0.2, 0.25) is 5.88 Å². The van der Waals surface area contributed by atoms with Gasteiger partial charge in [0.1, 0.15) is 23.2 Å². The van der Waals surface area contributed by atoms with Gasteiger partial charge in [-0.2, -0.15) is 5.26 Å². The molecule has 0 atom stereocenters. The zero-order valence-electron chi connectivity index (χ0n) is 12.5. The summed E-state index contributed by atoms with van der Waals surface area (Å²) in [6, 6.07) is 8.07. The number of aromatic nitrogens is 2. The molecule has 0 aliphatic carbocycles. The number of hydrogen-bond donors (Lipinski definition) is 0. The van der Waals surface area contributed by atoms with E-state index in [9.17, 15) is 4.79 Å². The van der Waals surface area contributed by atoms with Crippen molar-refractivity contribution in [2.75, 3.05) is 0 Å². The number of rotatable bonds is 3. The molecule has 0 aliphatic heterocycles. The lowest BCUT2D eigenvalue weighted by atomic mass is 10.1. The van der Waals surface area contributed by atoms with E-state index in [1.807, 2.05) is 6.07 Å². The minimum atomic E-state index is -0.628. The van der Waals surface area contributed by atoms with Crippen LogP contribution in [0.4, 0.5) is 0 Å². The molecule has 112 valence electrons. The van der Waals surface area contributed by atoms with Crippen molar-refractivity contribution in [3.8, 4) is 17.7 Å². The highest BCUT2D eigenvalue weighted by Gasteiger charge is 2.22. The van der Waals surface area contributed by atoms with Crippen LogP contribution in [-0.2, 0) is 4.74 Å². The van der Waals surface area contributed by atoms with Crippen LogP contribution in [0.25, 0.3) is 0 Å². The molecular weight excluding hydrogens is 282 g/mol. The van der Waals surface area contributed by atoms with Gasteiger partial charge in [-0.1, -0.05) is 0 Å². The Hall–Kier alpha value is -2.94. The highest BCUT2D eigenvalue weighted by molar-refractivity contribution is 5.93. The van der Waals surface area contributed by atoms with Crippen LogP contribution in [0.2, 0.25) is 0 Å². The van der Waals surface area contributed by atoms with Crippen molar-refractivity contribution in [1.29, 1.82) is 5.26 Å². The molecule has 0 bridgehead atoms. The predicted molar refractivity (Wildman–Crippen MR) is 78.4 cm³/mol. The molecule has 0 aliphatic rings. The van der Waals surface area contributed by atoms with Gasteiger partial charge in [0.05, 0.1) is 11.6 Å². The zero-order valence-corrected chi connectivity index (χ0v) is 12.5. The zero-order chi connectivity index (χ0) is 16.2. The topological polar surface area (TPSA) is 85.1 Å². The van der Waals surface area contributed by atoms with E-state index in [1.54, 1.807) is 26.8 Å². The van der Waals surface area contributed by atoms with Crippen LogP contribution in [0.5, 0.6) is 11.6 Å². The third-order valence-corrected chi connectivity index (χ3v) is 2.50. The summed E-state index contributed by atoms with van der Waals surface area (Å²) in [6.07, 6.45) is 2.85. The summed E-state index contributed by atoms with van der Waals surface area (Å²) >= 11 is 0. The number of hydrogen-bond acceptors (Lipinski definition) is 6. The van der Waals surface area contributed by atoms with Gasteiger partial charge in [-0.3, -0.25) is 0 Å². The van der Waals surface area contributed by atoms with Gasteiger partial charge in [0.15, 0.2) is 0 Å². The number of carbonyl (C=O) groups is 1. The molecule has 2 rings (SSSR count). The summed E-state index contributed by atoms with van der Waals surface area (Å²) in [5.41, 5.74) is -0.0270. The van der Waals surface area contributed by atoms with E-state index in [0.717, 1.165) is 0 Å². The van der Waals surface area contributed by atoms with E-state index >= 15 is 0 Å².